The molecule has 0 unspecified atom stereocenters. The average molecular weight is 446 g/mol. The second kappa shape index (κ2) is 7.98. The summed E-state index contributed by atoms with van der Waals surface area (Å²) in [7, 11) is 0. The van der Waals surface area contributed by atoms with Crippen LogP contribution in [0.2, 0.25) is 0 Å². The van der Waals surface area contributed by atoms with Crippen LogP contribution in [0.25, 0.3) is 10.8 Å². The van der Waals surface area contributed by atoms with Crippen LogP contribution in [0.3, 0.4) is 0 Å². The van der Waals surface area contributed by atoms with Crippen molar-refractivity contribution in [2.75, 3.05) is 6.61 Å². The van der Waals surface area contributed by atoms with Crippen molar-refractivity contribution in [3.63, 3.8) is 0 Å². The van der Waals surface area contributed by atoms with Crippen molar-refractivity contribution >= 4 is 45.5 Å². The van der Waals surface area contributed by atoms with Crippen LogP contribution in [0.15, 0.2) is 65.8 Å². The third-order valence-electron chi connectivity index (χ3n) is 3.51. The number of carbonyl (C=O) groups excluding carboxylic acids is 1. The fraction of sp³-hybridized carbons (Fsp3) is 0.0526. The maximum Gasteiger partial charge on any atom is 0.277 e. The molecule has 0 aliphatic rings. The summed E-state index contributed by atoms with van der Waals surface area (Å²) >= 11 is 2.20. The second-order valence-electron chi connectivity index (χ2n) is 5.26. The molecule has 1 amide bonds. The fourth-order valence-corrected chi connectivity index (χ4v) is 2.66. The number of fused-ring (bicyclic) bond motifs is 1. The molecule has 25 heavy (non-hydrogen) atoms. The number of ether oxygens (including phenoxy) is 1. The summed E-state index contributed by atoms with van der Waals surface area (Å²) in [4.78, 5) is 11.8. The van der Waals surface area contributed by atoms with Gasteiger partial charge in [0.1, 0.15) is 11.5 Å². The lowest BCUT2D eigenvalue weighted by Crippen LogP contribution is -2.24. The van der Waals surface area contributed by atoms with Crippen LogP contribution in [0.1, 0.15) is 5.56 Å². The number of amides is 1. The minimum Gasteiger partial charge on any atom is -0.507 e. The Balaban J connectivity index is 1.62. The molecule has 0 saturated carbocycles. The maximum atomic E-state index is 11.8. The number of benzene rings is 3. The largest absolute Gasteiger partial charge is 0.507 e. The van der Waals surface area contributed by atoms with E-state index in [1.54, 1.807) is 18.2 Å². The van der Waals surface area contributed by atoms with E-state index in [-0.39, 0.29) is 18.3 Å². The van der Waals surface area contributed by atoms with Gasteiger partial charge in [-0.3, -0.25) is 4.79 Å². The Labute approximate surface area is 158 Å². The second-order valence-corrected chi connectivity index (χ2v) is 6.50. The van der Waals surface area contributed by atoms with Crippen LogP contribution in [0, 0.1) is 3.57 Å². The first-order valence-electron chi connectivity index (χ1n) is 7.54. The molecule has 2 N–H and O–H groups in total. The molecule has 0 spiro atoms. The number of hydrazone groups is 1. The van der Waals surface area contributed by atoms with Crippen molar-refractivity contribution in [2.45, 2.75) is 0 Å². The quantitative estimate of drug-likeness (QED) is 0.357. The molecule has 6 heteroatoms. The Morgan fingerprint density at radius 2 is 1.88 bits per heavy atom. The van der Waals surface area contributed by atoms with Gasteiger partial charge in [-0.1, -0.05) is 30.3 Å². The van der Waals surface area contributed by atoms with Crippen molar-refractivity contribution in [3.8, 4) is 11.5 Å². The van der Waals surface area contributed by atoms with Gasteiger partial charge in [-0.05, 0) is 63.7 Å². The molecule has 0 atom stereocenters. The maximum absolute atomic E-state index is 11.8. The molecule has 5 nitrogen and oxygen atoms in total. The summed E-state index contributed by atoms with van der Waals surface area (Å²) < 4.78 is 6.47. The molecule has 0 fully saturated rings. The van der Waals surface area contributed by atoms with Crippen LogP contribution < -0.4 is 10.2 Å². The number of rotatable bonds is 5. The van der Waals surface area contributed by atoms with E-state index in [1.165, 1.54) is 6.21 Å². The zero-order chi connectivity index (χ0) is 17.6. The Bertz CT molecular complexity index is 924. The number of nitrogens with zero attached hydrogens (tertiary/aromatic N) is 1. The normalized spacial score (nSPS) is 10.9. The lowest BCUT2D eigenvalue weighted by molar-refractivity contribution is -0.123. The Morgan fingerprint density at radius 3 is 2.68 bits per heavy atom. The van der Waals surface area contributed by atoms with E-state index in [1.807, 2.05) is 42.5 Å². The smallest absolute Gasteiger partial charge is 0.277 e. The van der Waals surface area contributed by atoms with E-state index in [0.29, 0.717) is 11.3 Å². The predicted molar refractivity (Wildman–Crippen MR) is 106 cm³/mol. The van der Waals surface area contributed by atoms with Crippen LogP contribution in [-0.2, 0) is 4.79 Å². The highest BCUT2D eigenvalue weighted by atomic mass is 127. The molecule has 3 aromatic rings. The zero-order valence-corrected chi connectivity index (χ0v) is 15.3. The highest BCUT2D eigenvalue weighted by molar-refractivity contribution is 14.1. The SMILES string of the molecule is O=C(COc1ccc(I)cc1)N/N=C\c1c(O)ccc2ccccc12. The van der Waals surface area contributed by atoms with Gasteiger partial charge in [0.2, 0.25) is 0 Å². The van der Waals surface area contributed by atoms with Crippen LogP contribution in [0.4, 0.5) is 0 Å². The van der Waals surface area contributed by atoms with Crippen molar-refractivity contribution in [2.24, 2.45) is 5.10 Å². The van der Waals surface area contributed by atoms with Crippen molar-refractivity contribution < 1.29 is 14.6 Å². The van der Waals surface area contributed by atoms with E-state index in [0.717, 1.165) is 14.3 Å². The summed E-state index contributed by atoms with van der Waals surface area (Å²) in [6, 6.07) is 18.5. The van der Waals surface area contributed by atoms with E-state index in [2.05, 4.69) is 33.1 Å². The Hall–Kier alpha value is -2.61. The first kappa shape index (κ1) is 17.2. The van der Waals surface area contributed by atoms with Gasteiger partial charge < -0.3 is 9.84 Å². The molecule has 0 aliphatic carbocycles. The van der Waals surface area contributed by atoms with Gasteiger partial charge in [0.25, 0.3) is 5.91 Å². The third-order valence-corrected chi connectivity index (χ3v) is 4.23. The van der Waals surface area contributed by atoms with Gasteiger partial charge in [0.05, 0.1) is 6.21 Å². The number of halogens is 1. The van der Waals surface area contributed by atoms with Crippen LogP contribution in [0.5, 0.6) is 11.5 Å². The van der Waals surface area contributed by atoms with Gasteiger partial charge in [-0.15, -0.1) is 0 Å². The van der Waals surface area contributed by atoms with Gasteiger partial charge in [0, 0.05) is 9.13 Å². The minimum atomic E-state index is -0.380. The first-order valence-corrected chi connectivity index (χ1v) is 8.62. The monoisotopic (exact) mass is 446 g/mol. The Kier molecular flexibility index (Phi) is 5.49. The molecular formula is C19H15IN2O3. The number of nitrogens with one attached hydrogen (secondary N) is 1. The third kappa shape index (κ3) is 4.48. The first-order chi connectivity index (χ1) is 12.1. The van der Waals surface area contributed by atoms with Crippen molar-refractivity contribution in [1.29, 1.82) is 0 Å². The number of hydrogen-bond donors (Lipinski definition) is 2. The van der Waals surface area contributed by atoms with E-state index in [9.17, 15) is 9.90 Å². The topological polar surface area (TPSA) is 70.9 Å². The summed E-state index contributed by atoms with van der Waals surface area (Å²) in [6.07, 6.45) is 1.43. The molecule has 3 rings (SSSR count). The van der Waals surface area contributed by atoms with Gasteiger partial charge in [-0.25, -0.2) is 5.43 Å². The Morgan fingerprint density at radius 1 is 1.12 bits per heavy atom. The summed E-state index contributed by atoms with van der Waals surface area (Å²) in [5, 5.41) is 15.8. The zero-order valence-electron chi connectivity index (χ0n) is 13.1. The van der Waals surface area contributed by atoms with E-state index < -0.39 is 0 Å². The van der Waals surface area contributed by atoms with Crippen LogP contribution >= 0.6 is 22.6 Å². The van der Waals surface area contributed by atoms with E-state index in [4.69, 9.17) is 4.74 Å². The summed E-state index contributed by atoms with van der Waals surface area (Å²) in [6.45, 7) is -0.139. The molecule has 0 bridgehead atoms. The molecule has 0 heterocycles. The number of phenolic OH excluding ortho intramolecular Hbond substituents is 1. The predicted octanol–water partition coefficient (Wildman–Crippen LogP) is 3.68. The number of hydrogen-bond acceptors (Lipinski definition) is 4. The fourth-order valence-electron chi connectivity index (χ4n) is 2.30. The van der Waals surface area contributed by atoms with Crippen molar-refractivity contribution in [1.82, 2.24) is 5.43 Å². The molecule has 0 saturated heterocycles. The van der Waals surface area contributed by atoms with Crippen molar-refractivity contribution in [3.05, 3.63) is 69.8 Å². The molecule has 0 aromatic heterocycles. The van der Waals surface area contributed by atoms with Crippen LogP contribution in [-0.4, -0.2) is 23.8 Å². The highest BCUT2D eigenvalue weighted by Crippen LogP contribution is 2.25. The minimum absolute atomic E-state index is 0.104. The summed E-state index contributed by atoms with van der Waals surface area (Å²) in [5.41, 5.74) is 2.95. The standard InChI is InChI=1S/C19H15IN2O3/c20-14-6-8-15(9-7-14)25-12-19(24)22-21-11-17-16-4-2-1-3-13(16)5-10-18(17)23/h1-11,23H,12H2,(H,22,24)/b21-11-. The molecule has 3 aromatic carbocycles. The van der Waals surface area contributed by atoms with Gasteiger partial charge in [0.15, 0.2) is 6.61 Å². The molecular weight excluding hydrogens is 431 g/mol. The lowest BCUT2D eigenvalue weighted by Gasteiger charge is -2.06. The molecule has 0 radical (unpaired) electrons. The average Bonchev–Trinajstić information content (AvgIpc) is 2.63. The number of aromatic hydroxyl groups is 1. The molecule has 126 valence electrons. The van der Waals surface area contributed by atoms with E-state index >= 15 is 0 Å². The lowest BCUT2D eigenvalue weighted by atomic mass is 10.0. The molecule has 0 aliphatic heterocycles. The number of carbonyl (C=O) groups is 1. The highest BCUT2D eigenvalue weighted by Gasteiger charge is 2.05. The van der Waals surface area contributed by atoms with Gasteiger partial charge in [-0.2, -0.15) is 5.10 Å². The summed E-state index contributed by atoms with van der Waals surface area (Å²) in [5.74, 6) is 0.340. The number of phenols is 1. The van der Waals surface area contributed by atoms with Gasteiger partial charge >= 0.3 is 0 Å².